The largest absolute Gasteiger partial charge is 0.497 e. The van der Waals surface area contributed by atoms with Gasteiger partial charge in [-0.25, -0.2) is 0 Å². The van der Waals surface area contributed by atoms with Gasteiger partial charge in [-0.3, -0.25) is 0 Å². The van der Waals surface area contributed by atoms with Crippen LogP contribution in [-0.4, -0.2) is 7.11 Å². The standard InChI is InChI=1S/C18H21NO/c1-20-18-7-2-4-14(11-18)12-19-13-15-8-9-16-5-3-6-17(16)10-15/h2,4,7-11,19H,3,5-6,12-13H2,1H3. The Labute approximate surface area is 120 Å². The van der Waals surface area contributed by atoms with E-state index in [1.807, 2.05) is 12.1 Å². The topological polar surface area (TPSA) is 21.3 Å². The lowest BCUT2D eigenvalue weighted by molar-refractivity contribution is 0.414. The van der Waals surface area contributed by atoms with E-state index in [2.05, 4.69) is 35.6 Å². The summed E-state index contributed by atoms with van der Waals surface area (Å²) in [5.41, 5.74) is 5.73. The fraction of sp³-hybridized carbons (Fsp3) is 0.333. The number of rotatable bonds is 5. The number of aryl methyl sites for hydroxylation is 2. The van der Waals surface area contributed by atoms with Gasteiger partial charge in [0.2, 0.25) is 0 Å². The first kappa shape index (κ1) is 13.2. The first-order chi connectivity index (χ1) is 9.85. The van der Waals surface area contributed by atoms with Gasteiger partial charge in [0.1, 0.15) is 5.75 Å². The molecule has 0 amide bonds. The Bertz CT molecular complexity index is 592. The summed E-state index contributed by atoms with van der Waals surface area (Å²) in [6, 6.07) is 15.1. The minimum absolute atomic E-state index is 0.869. The molecule has 1 aliphatic carbocycles. The van der Waals surface area contributed by atoms with Crippen molar-refractivity contribution in [2.45, 2.75) is 32.4 Å². The van der Waals surface area contributed by atoms with Crippen molar-refractivity contribution < 1.29 is 4.74 Å². The summed E-state index contributed by atoms with van der Waals surface area (Å²) in [7, 11) is 1.71. The summed E-state index contributed by atoms with van der Waals surface area (Å²) in [6.07, 6.45) is 3.82. The Morgan fingerprint density at radius 2 is 1.75 bits per heavy atom. The van der Waals surface area contributed by atoms with E-state index < -0.39 is 0 Å². The van der Waals surface area contributed by atoms with Crippen LogP contribution in [0.15, 0.2) is 42.5 Å². The summed E-state index contributed by atoms with van der Waals surface area (Å²) in [4.78, 5) is 0. The fourth-order valence-electron chi connectivity index (χ4n) is 2.87. The van der Waals surface area contributed by atoms with Gasteiger partial charge in [0.25, 0.3) is 0 Å². The van der Waals surface area contributed by atoms with Gasteiger partial charge in [-0.15, -0.1) is 0 Å². The van der Waals surface area contributed by atoms with E-state index in [4.69, 9.17) is 4.74 Å². The first-order valence-corrected chi connectivity index (χ1v) is 7.29. The van der Waals surface area contributed by atoms with Crippen molar-refractivity contribution in [3.8, 4) is 5.75 Å². The average Bonchev–Trinajstić information content (AvgIpc) is 2.95. The highest BCUT2D eigenvalue weighted by atomic mass is 16.5. The van der Waals surface area contributed by atoms with Crippen LogP contribution in [-0.2, 0) is 25.9 Å². The molecule has 1 aliphatic rings. The molecule has 0 unspecified atom stereocenters. The Morgan fingerprint density at radius 1 is 0.950 bits per heavy atom. The summed E-state index contributed by atoms with van der Waals surface area (Å²) >= 11 is 0. The molecule has 20 heavy (non-hydrogen) atoms. The number of hydrogen-bond donors (Lipinski definition) is 1. The zero-order valence-corrected chi connectivity index (χ0v) is 12.0. The molecule has 0 saturated carbocycles. The number of benzene rings is 2. The van der Waals surface area contributed by atoms with Gasteiger partial charge < -0.3 is 10.1 Å². The first-order valence-electron chi connectivity index (χ1n) is 7.29. The lowest BCUT2D eigenvalue weighted by Gasteiger charge is -2.08. The molecule has 0 aliphatic heterocycles. The van der Waals surface area contributed by atoms with E-state index in [-0.39, 0.29) is 0 Å². The van der Waals surface area contributed by atoms with Crippen LogP contribution in [0.1, 0.15) is 28.7 Å². The second-order valence-corrected chi connectivity index (χ2v) is 5.41. The molecule has 1 N–H and O–H groups in total. The molecular weight excluding hydrogens is 246 g/mol. The highest BCUT2D eigenvalue weighted by Gasteiger charge is 2.10. The van der Waals surface area contributed by atoms with Crippen molar-refractivity contribution in [3.63, 3.8) is 0 Å². The maximum Gasteiger partial charge on any atom is 0.119 e. The van der Waals surface area contributed by atoms with Gasteiger partial charge in [0.15, 0.2) is 0 Å². The lowest BCUT2D eigenvalue weighted by atomic mass is 10.1. The third-order valence-corrected chi connectivity index (χ3v) is 3.96. The molecule has 0 bridgehead atoms. The van der Waals surface area contributed by atoms with E-state index in [1.54, 1.807) is 18.2 Å². The van der Waals surface area contributed by atoms with Gasteiger partial charge in [-0.2, -0.15) is 0 Å². The van der Waals surface area contributed by atoms with Crippen molar-refractivity contribution in [1.29, 1.82) is 0 Å². The van der Waals surface area contributed by atoms with Crippen LogP contribution in [0.2, 0.25) is 0 Å². The van der Waals surface area contributed by atoms with Crippen molar-refractivity contribution >= 4 is 0 Å². The predicted molar refractivity (Wildman–Crippen MR) is 82.0 cm³/mol. The van der Waals surface area contributed by atoms with Crippen molar-refractivity contribution in [3.05, 3.63) is 64.7 Å². The summed E-state index contributed by atoms with van der Waals surface area (Å²) in [6.45, 7) is 1.79. The Balaban J connectivity index is 1.57. The third kappa shape index (κ3) is 3.02. The maximum atomic E-state index is 5.24. The van der Waals surface area contributed by atoms with Crippen molar-refractivity contribution in [2.24, 2.45) is 0 Å². The Kier molecular flexibility index (Phi) is 4.03. The summed E-state index contributed by atoms with van der Waals surface area (Å²) in [5, 5.41) is 3.50. The van der Waals surface area contributed by atoms with E-state index in [9.17, 15) is 0 Å². The van der Waals surface area contributed by atoms with Crippen LogP contribution in [0.5, 0.6) is 5.75 Å². The van der Waals surface area contributed by atoms with Gasteiger partial charge in [0.05, 0.1) is 7.11 Å². The molecular formula is C18H21NO. The molecule has 3 rings (SSSR count). The minimum Gasteiger partial charge on any atom is -0.497 e. The van der Waals surface area contributed by atoms with Crippen LogP contribution < -0.4 is 10.1 Å². The van der Waals surface area contributed by atoms with E-state index >= 15 is 0 Å². The molecule has 2 heteroatoms. The average molecular weight is 267 g/mol. The molecule has 0 aromatic heterocycles. The van der Waals surface area contributed by atoms with Crippen LogP contribution >= 0.6 is 0 Å². The van der Waals surface area contributed by atoms with E-state index in [0.29, 0.717) is 0 Å². The number of ether oxygens (including phenoxy) is 1. The molecule has 0 saturated heterocycles. The van der Waals surface area contributed by atoms with Crippen molar-refractivity contribution in [1.82, 2.24) is 5.32 Å². The molecule has 0 heterocycles. The fourth-order valence-corrected chi connectivity index (χ4v) is 2.87. The Hall–Kier alpha value is -1.80. The molecule has 2 aromatic carbocycles. The quantitative estimate of drug-likeness (QED) is 0.895. The molecule has 104 valence electrons. The number of hydrogen-bond acceptors (Lipinski definition) is 2. The van der Waals surface area contributed by atoms with Crippen LogP contribution in [0.25, 0.3) is 0 Å². The normalized spacial score (nSPS) is 13.2. The molecule has 0 atom stereocenters. The lowest BCUT2D eigenvalue weighted by Crippen LogP contribution is -2.12. The third-order valence-electron chi connectivity index (χ3n) is 3.96. The highest BCUT2D eigenvalue weighted by molar-refractivity contribution is 5.35. The molecule has 2 aromatic rings. The second kappa shape index (κ2) is 6.10. The van der Waals surface area contributed by atoms with E-state index in [1.165, 1.54) is 30.4 Å². The van der Waals surface area contributed by atoms with Crippen LogP contribution in [0.4, 0.5) is 0 Å². The highest BCUT2D eigenvalue weighted by Crippen LogP contribution is 2.22. The van der Waals surface area contributed by atoms with Gasteiger partial charge in [-0.05, 0) is 53.6 Å². The van der Waals surface area contributed by atoms with Crippen molar-refractivity contribution in [2.75, 3.05) is 7.11 Å². The molecule has 2 nitrogen and oxygen atoms in total. The number of methoxy groups -OCH3 is 1. The SMILES string of the molecule is COc1cccc(CNCc2ccc3c(c2)CCC3)c1. The number of nitrogens with one attached hydrogen (secondary N) is 1. The smallest absolute Gasteiger partial charge is 0.119 e. The van der Waals surface area contributed by atoms with Crippen LogP contribution in [0, 0.1) is 0 Å². The zero-order chi connectivity index (χ0) is 13.8. The molecule has 0 radical (unpaired) electrons. The van der Waals surface area contributed by atoms with Crippen LogP contribution in [0.3, 0.4) is 0 Å². The summed E-state index contributed by atoms with van der Waals surface area (Å²) in [5.74, 6) is 0.918. The minimum atomic E-state index is 0.869. The number of fused-ring (bicyclic) bond motifs is 1. The Morgan fingerprint density at radius 3 is 2.60 bits per heavy atom. The van der Waals surface area contributed by atoms with Gasteiger partial charge in [-0.1, -0.05) is 30.3 Å². The predicted octanol–water partition coefficient (Wildman–Crippen LogP) is 3.47. The van der Waals surface area contributed by atoms with Gasteiger partial charge >= 0.3 is 0 Å². The van der Waals surface area contributed by atoms with Gasteiger partial charge in [0, 0.05) is 13.1 Å². The van der Waals surface area contributed by atoms with E-state index in [0.717, 1.165) is 18.8 Å². The summed E-state index contributed by atoms with van der Waals surface area (Å²) < 4.78 is 5.24. The zero-order valence-electron chi connectivity index (χ0n) is 12.0. The maximum absolute atomic E-state index is 5.24. The molecule has 0 fully saturated rings. The molecule has 0 spiro atoms. The monoisotopic (exact) mass is 267 g/mol. The second-order valence-electron chi connectivity index (χ2n) is 5.41.